The molecule has 2 aliphatic heterocycles. The quantitative estimate of drug-likeness (QED) is 0.779. The van der Waals surface area contributed by atoms with E-state index in [0.717, 1.165) is 29.5 Å². The standard InChI is InChI=1S/C19H23NO4/c1-9-10(2)23-18-12-7-8-19(3,4)24-17(12)11-5-6-13(21)20-15(11)14(18)16(9)22/h5-6,9-10,16,22H,7-8H2,1-4H3,(H,20,21)/t9-,10+,16+/m0/s1. The molecule has 0 spiro atoms. The fraction of sp³-hybridized carbons (Fsp3) is 0.526. The number of aromatic nitrogens is 1. The van der Waals surface area contributed by atoms with Crippen LogP contribution in [-0.2, 0) is 6.42 Å². The molecule has 0 radical (unpaired) electrons. The summed E-state index contributed by atoms with van der Waals surface area (Å²) in [6, 6.07) is 3.28. The summed E-state index contributed by atoms with van der Waals surface area (Å²) in [5, 5.41) is 11.7. The van der Waals surface area contributed by atoms with Gasteiger partial charge in [0.1, 0.15) is 23.2 Å². The summed E-state index contributed by atoms with van der Waals surface area (Å²) in [7, 11) is 0. The van der Waals surface area contributed by atoms with E-state index in [1.165, 1.54) is 6.07 Å². The number of ether oxygens (including phenoxy) is 2. The number of pyridine rings is 1. The Hall–Kier alpha value is -2.01. The highest BCUT2D eigenvalue weighted by Gasteiger charge is 2.39. The van der Waals surface area contributed by atoms with E-state index >= 15 is 0 Å². The van der Waals surface area contributed by atoms with Crippen LogP contribution in [0.25, 0.3) is 10.9 Å². The first-order valence-electron chi connectivity index (χ1n) is 8.54. The van der Waals surface area contributed by atoms with Crippen molar-refractivity contribution in [1.82, 2.24) is 4.98 Å². The van der Waals surface area contributed by atoms with Crippen LogP contribution in [0.1, 0.15) is 51.3 Å². The summed E-state index contributed by atoms with van der Waals surface area (Å²) in [4.78, 5) is 14.8. The molecule has 0 saturated carbocycles. The third-order valence-electron chi connectivity index (χ3n) is 5.42. The number of aliphatic hydroxyl groups excluding tert-OH is 1. The lowest BCUT2D eigenvalue weighted by atomic mass is 9.84. The average molecular weight is 329 g/mol. The Labute approximate surface area is 140 Å². The molecule has 1 aromatic heterocycles. The molecule has 24 heavy (non-hydrogen) atoms. The maximum Gasteiger partial charge on any atom is 0.248 e. The number of H-pyrrole nitrogens is 1. The van der Waals surface area contributed by atoms with Gasteiger partial charge >= 0.3 is 0 Å². The Bertz CT molecular complexity index is 883. The topological polar surface area (TPSA) is 71.6 Å². The van der Waals surface area contributed by atoms with Gasteiger partial charge in [-0.05, 0) is 39.7 Å². The zero-order valence-electron chi connectivity index (χ0n) is 14.5. The lowest BCUT2D eigenvalue weighted by Gasteiger charge is -2.39. The Morgan fingerprint density at radius 3 is 2.75 bits per heavy atom. The zero-order chi connectivity index (χ0) is 17.2. The van der Waals surface area contributed by atoms with Crippen molar-refractivity contribution in [2.75, 3.05) is 0 Å². The van der Waals surface area contributed by atoms with Crippen molar-refractivity contribution in [2.24, 2.45) is 5.92 Å². The first-order chi connectivity index (χ1) is 11.3. The van der Waals surface area contributed by atoms with E-state index in [9.17, 15) is 9.90 Å². The molecule has 4 rings (SSSR count). The molecule has 2 aromatic rings. The van der Waals surface area contributed by atoms with Gasteiger partial charge in [-0.25, -0.2) is 0 Å². The molecule has 0 saturated heterocycles. The number of aliphatic hydroxyl groups is 1. The first-order valence-corrected chi connectivity index (χ1v) is 8.54. The van der Waals surface area contributed by atoms with Crippen molar-refractivity contribution in [3.05, 3.63) is 33.6 Å². The van der Waals surface area contributed by atoms with E-state index in [2.05, 4.69) is 18.8 Å². The predicted octanol–water partition coefficient (Wildman–Crippen LogP) is 3.08. The van der Waals surface area contributed by atoms with Crippen LogP contribution in [0.4, 0.5) is 0 Å². The van der Waals surface area contributed by atoms with E-state index in [1.807, 2.05) is 13.8 Å². The van der Waals surface area contributed by atoms with Crippen LogP contribution in [0.2, 0.25) is 0 Å². The molecular weight excluding hydrogens is 306 g/mol. The Morgan fingerprint density at radius 1 is 1.25 bits per heavy atom. The Kier molecular flexibility index (Phi) is 3.23. The van der Waals surface area contributed by atoms with Gasteiger partial charge < -0.3 is 19.6 Å². The maximum absolute atomic E-state index is 11.9. The van der Waals surface area contributed by atoms with E-state index < -0.39 is 6.10 Å². The molecule has 5 nitrogen and oxygen atoms in total. The van der Waals surface area contributed by atoms with E-state index in [-0.39, 0.29) is 23.2 Å². The Morgan fingerprint density at radius 2 is 2.00 bits per heavy atom. The first kappa shape index (κ1) is 15.5. The van der Waals surface area contributed by atoms with Crippen LogP contribution < -0.4 is 15.0 Å². The van der Waals surface area contributed by atoms with Crippen molar-refractivity contribution in [2.45, 2.75) is 58.3 Å². The van der Waals surface area contributed by atoms with Gasteiger partial charge in [-0.3, -0.25) is 4.79 Å². The molecule has 0 bridgehead atoms. The van der Waals surface area contributed by atoms with Crippen molar-refractivity contribution < 1.29 is 14.6 Å². The molecule has 5 heteroatoms. The summed E-state index contributed by atoms with van der Waals surface area (Å²) in [5.41, 5.74) is 1.85. The second-order valence-electron chi connectivity index (χ2n) is 7.65. The van der Waals surface area contributed by atoms with Gasteiger partial charge in [-0.2, -0.15) is 0 Å². The van der Waals surface area contributed by atoms with Crippen molar-refractivity contribution in [3.8, 4) is 11.5 Å². The number of nitrogens with one attached hydrogen (secondary N) is 1. The molecule has 3 atom stereocenters. The minimum Gasteiger partial charge on any atom is -0.489 e. The summed E-state index contributed by atoms with van der Waals surface area (Å²) in [5.74, 6) is 1.40. The van der Waals surface area contributed by atoms with Crippen molar-refractivity contribution >= 4 is 10.9 Å². The zero-order valence-corrected chi connectivity index (χ0v) is 14.5. The smallest absolute Gasteiger partial charge is 0.248 e. The molecule has 3 heterocycles. The van der Waals surface area contributed by atoms with Gasteiger partial charge in [0.05, 0.1) is 11.6 Å². The van der Waals surface area contributed by atoms with Gasteiger partial charge in [0, 0.05) is 28.5 Å². The van der Waals surface area contributed by atoms with Gasteiger partial charge in [0.2, 0.25) is 5.56 Å². The Balaban J connectivity index is 2.10. The molecule has 0 fully saturated rings. The molecule has 1 aromatic carbocycles. The normalized spacial score (nSPS) is 27.8. The summed E-state index contributed by atoms with van der Waals surface area (Å²) in [6.45, 7) is 8.06. The van der Waals surface area contributed by atoms with Crippen LogP contribution in [0.5, 0.6) is 11.5 Å². The molecule has 0 amide bonds. The SMILES string of the molecule is C[C@H]1[C@@H](C)Oc2c3c(c4ccc(=O)[nH]c4c2[C@@H]1O)OC(C)(C)CC3. The lowest BCUT2D eigenvalue weighted by molar-refractivity contribution is 0.0158. The van der Waals surface area contributed by atoms with Gasteiger partial charge in [-0.15, -0.1) is 0 Å². The highest BCUT2D eigenvalue weighted by molar-refractivity contribution is 5.92. The molecular formula is C19H23NO4. The molecule has 0 unspecified atom stereocenters. The van der Waals surface area contributed by atoms with Crippen molar-refractivity contribution in [1.29, 1.82) is 0 Å². The highest BCUT2D eigenvalue weighted by Crippen LogP contribution is 2.51. The van der Waals surface area contributed by atoms with Crippen LogP contribution in [-0.4, -0.2) is 21.8 Å². The lowest BCUT2D eigenvalue weighted by Crippen LogP contribution is -2.36. The number of hydrogen-bond donors (Lipinski definition) is 2. The van der Waals surface area contributed by atoms with Crippen LogP contribution in [0, 0.1) is 5.92 Å². The maximum atomic E-state index is 11.9. The summed E-state index contributed by atoms with van der Waals surface area (Å²) < 4.78 is 12.4. The second-order valence-corrected chi connectivity index (χ2v) is 7.65. The average Bonchev–Trinajstić information content (AvgIpc) is 2.51. The molecule has 2 aliphatic rings. The number of hydrogen-bond acceptors (Lipinski definition) is 4. The minimum absolute atomic E-state index is 0.0524. The van der Waals surface area contributed by atoms with Gasteiger partial charge in [0.15, 0.2) is 0 Å². The number of rotatable bonds is 0. The predicted molar refractivity (Wildman–Crippen MR) is 91.8 cm³/mol. The van der Waals surface area contributed by atoms with Gasteiger partial charge in [0.25, 0.3) is 0 Å². The summed E-state index contributed by atoms with van der Waals surface area (Å²) in [6.07, 6.45) is 0.932. The monoisotopic (exact) mass is 329 g/mol. The van der Waals surface area contributed by atoms with Crippen LogP contribution >= 0.6 is 0 Å². The molecule has 128 valence electrons. The largest absolute Gasteiger partial charge is 0.489 e. The second kappa shape index (κ2) is 4.99. The fourth-order valence-corrected chi connectivity index (χ4v) is 3.74. The number of benzene rings is 1. The highest BCUT2D eigenvalue weighted by atomic mass is 16.5. The molecule has 0 aliphatic carbocycles. The van der Waals surface area contributed by atoms with Crippen molar-refractivity contribution in [3.63, 3.8) is 0 Å². The van der Waals surface area contributed by atoms with E-state index in [4.69, 9.17) is 9.47 Å². The van der Waals surface area contributed by atoms with Crippen LogP contribution in [0.15, 0.2) is 16.9 Å². The summed E-state index contributed by atoms with van der Waals surface area (Å²) >= 11 is 0. The fourth-order valence-electron chi connectivity index (χ4n) is 3.74. The number of aromatic amines is 1. The third-order valence-corrected chi connectivity index (χ3v) is 5.42. The minimum atomic E-state index is -0.676. The van der Waals surface area contributed by atoms with E-state index in [0.29, 0.717) is 16.8 Å². The number of fused-ring (bicyclic) bond motifs is 6. The third kappa shape index (κ3) is 2.14. The van der Waals surface area contributed by atoms with E-state index in [1.54, 1.807) is 6.07 Å². The van der Waals surface area contributed by atoms with Crippen LogP contribution in [0.3, 0.4) is 0 Å². The van der Waals surface area contributed by atoms with Gasteiger partial charge in [-0.1, -0.05) is 6.92 Å². The molecule has 2 N–H and O–H groups in total.